The van der Waals surface area contributed by atoms with Gasteiger partial charge < -0.3 is 5.32 Å². The van der Waals surface area contributed by atoms with Crippen LogP contribution in [0.3, 0.4) is 0 Å². The minimum atomic E-state index is -0.602. The average molecular weight is 382 g/mol. The number of rotatable bonds is 3. The van der Waals surface area contributed by atoms with Crippen LogP contribution in [0.5, 0.6) is 0 Å². The molecule has 3 rings (SSSR count). The van der Waals surface area contributed by atoms with Crippen LogP contribution in [0.2, 0.25) is 5.02 Å². The molecule has 0 fully saturated rings. The number of azide groups is 1. The first kappa shape index (κ1) is 15.2. The number of nitrogens with one attached hydrogen (secondary N) is 1. The van der Waals surface area contributed by atoms with E-state index in [1.165, 1.54) is 6.07 Å². The second-order valence-electron chi connectivity index (χ2n) is 5.15. The first-order chi connectivity index (χ1) is 10.6. The number of fused-ring (bicyclic) bond motifs is 1. The molecule has 0 aliphatic carbocycles. The van der Waals surface area contributed by atoms with Crippen LogP contribution in [-0.4, -0.2) is 6.54 Å². The van der Waals surface area contributed by atoms with E-state index in [4.69, 9.17) is 17.1 Å². The zero-order valence-electron chi connectivity index (χ0n) is 11.4. The summed E-state index contributed by atoms with van der Waals surface area (Å²) in [5.41, 5.74) is 10.6. The van der Waals surface area contributed by atoms with Gasteiger partial charge in [0, 0.05) is 21.5 Å². The van der Waals surface area contributed by atoms with Gasteiger partial charge in [-0.1, -0.05) is 47.0 Å². The van der Waals surface area contributed by atoms with Crippen LogP contribution in [0, 0.1) is 5.82 Å². The van der Waals surface area contributed by atoms with Crippen molar-refractivity contribution in [1.82, 2.24) is 0 Å². The molecule has 4 nitrogen and oxygen atoms in total. The Morgan fingerprint density at radius 3 is 2.82 bits per heavy atom. The van der Waals surface area contributed by atoms with E-state index in [9.17, 15) is 4.39 Å². The largest absolute Gasteiger partial charge is 0.375 e. The van der Waals surface area contributed by atoms with Crippen molar-refractivity contribution in [1.29, 1.82) is 0 Å². The van der Waals surface area contributed by atoms with Gasteiger partial charge >= 0.3 is 0 Å². The fourth-order valence-electron chi connectivity index (χ4n) is 2.79. The lowest BCUT2D eigenvalue weighted by molar-refractivity contribution is 0.521. The molecule has 2 aromatic rings. The van der Waals surface area contributed by atoms with Gasteiger partial charge in [-0.25, -0.2) is 4.39 Å². The average Bonchev–Trinajstić information content (AvgIpc) is 2.92. The molecular weight excluding hydrogens is 371 g/mol. The van der Waals surface area contributed by atoms with Crippen molar-refractivity contribution in [2.24, 2.45) is 5.11 Å². The fourth-order valence-corrected chi connectivity index (χ4v) is 3.50. The third-order valence-electron chi connectivity index (χ3n) is 3.85. The van der Waals surface area contributed by atoms with Crippen LogP contribution in [0.4, 0.5) is 10.1 Å². The van der Waals surface area contributed by atoms with Crippen LogP contribution >= 0.6 is 27.5 Å². The Hall–Kier alpha value is -1.75. The lowest BCUT2D eigenvalue weighted by Gasteiger charge is -2.29. The van der Waals surface area contributed by atoms with E-state index in [2.05, 4.69) is 31.3 Å². The number of anilines is 1. The maximum Gasteiger partial charge on any atom is 0.145 e. The summed E-state index contributed by atoms with van der Waals surface area (Å²) < 4.78 is 14.4. The molecule has 0 radical (unpaired) electrons. The molecule has 0 saturated heterocycles. The van der Waals surface area contributed by atoms with Crippen molar-refractivity contribution in [2.75, 3.05) is 11.9 Å². The summed E-state index contributed by atoms with van der Waals surface area (Å²) in [5.74, 6) is -0.493. The van der Waals surface area contributed by atoms with Gasteiger partial charge in [0.25, 0.3) is 0 Å². The van der Waals surface area contributed by atoms with Crippen LogP contribution in [0.25, 0.3) is 10.4 Å². The summed E-state index contributed by atoms with van der Waals surface area (Å²) in [4.78, 5) is 2.86. The molecule has 0 unspecified atom stereocenters. The first-order valence-electron chi connectivity index (χ1n) is 6.58. The Morgan fingerprint density at radius 2 is 2.14 bits per heavy atom. The van der Waals surface area contributed by atoms with Gasteiger partial charge in [-0.05, 0) is 38.7 Å². The second-order valence-corrected chi connectivity index (χ2v) is 6.32. The molecule has 1 heterocycles. The van der Waals surface area contributed by atoms with Gasteiger partial charge in [0.05, 0.1) is 17.1 Å². The molecule has 1 N–H and O–H groups in total. The lowest BCUT2D eigenvalue weighted by atomic mass is 9.87. The van der Waals surface area contributed by atoms with Gasteiger partial charge in [0.15, 0.2) is 0 Å². The van der Waals surface area contributed by atoms with Crippen molar-refractivity contribution < 1.29 is 4.39 Å². The molecule has 22 heavy (non-hydrogen) atoms. The maximum atomic E-state index is 13.9. The summed E-state index contributed by atoms with van der Waals surface area (Å²) >= 11 is 9.33. The van der Waals surface area contributed by atoms with Crippen LogP contribution in [0.1, 0.15) is 11.1 Å². The number of nitrogens with zero attached hydrogens (tertiary/aromatic N) is 3. The molecule has 2 aromatic carbocycles. The van der Waals surface area contributed by atoms with Crippen LogP contribution in [0.15, 0.2) is 46.0 Å². The number of hydrogen-bond acceptors (Lipinski definition) is 2. The van der Waals surface area contributed by atoms with E-state index < -0.39 is 11.4 Å². The van der Waals surface area contributed by atoms with Crippen molar-refractivity contribution in [3.63, 3.8) is 0 Å². The smallest absolute Gasteiger partial charge is 0.145 e. The lowest BCUT2D eigenvalue weighted by Crippen LogP contribution is -2.36. The number of hydrogen-bond donors (Lipinski definition) is 1. The second kappa shape index (κ2) is 5.80. The van der Waals surface area contributed by atoms with Crippen LogP contribution in [-0.2, 0) is 12.0 Å². The highest BCUT2D eigenvalue weighted by atomic mass is 79.9. The zero-order valence-corrected chi connectivity index (χ0v) is 13.7. The minimum Gasteiger partial charge on any atom is -0.375 e. The maximum absolute atomic E-state index is 13.9. The Bertz CT molecular complexity index is 777. The van der Waals surface area contributed by atoms with Crippen molar-refractivity contribution >= 4 is 33.2 Å². The Balaban J connectivity index is 2.12. The predicted molar refractivity (Wildman–Crippen MR) is 88.6 cm³/mol. The molecule has 112 valence electrons. The zero-order chi connectivity index (χ0) is 15.7. The van der Waals surface area contributed by atoms with Gasteiger partial charge in [-0.2, -0.15) is 0 Å². The van der Waals surface area contributed by atoms with Gasteiger partial charge in [0.1, 0.15) is 5.82 Å². The van der Waals surface area contributed by atoms with Gasteiger partial charge in [-0.3, -0.25) is 0 Å². The van der Waals surface area contributed by atoms with Gasteiger partial charge in [0.2, 0.25) is 0 Å². The summed E-state index contributed by atoms with van der Waals surface area (Å²) in [6, 6.07) is 11.0. The van der Waals surface area contributed by atoms with Gasteiger partial charge in [-0.15, -0.1) is 0 Å². The third-order valence-corrected chi connectivity index (χ3v) is 5.32. The Labute approximate surface area is 140 Å². The molecule has 0 bridgehead atoms. The molecule has 1 atom stereocenters. The monoisotopic (exact) mass is 380 g/mol. The molecule has 1 aliphatic heterocycles. The highest BCUT2D eigenvalue weighted by Gasteiger charge is 2.39. The SMILES string of the molecule is [N-]=[N+]=NC[C@@]1(c2ccccc2)Cc2c(cc(F)c(Cl)c2Br)N1. The van der Waals surface area contributed by atoms with Crippen molar-refractivity contribution in [2.45, 2.75) is 12.0 Å². The first-order valence-corrected chi connectivity index (χ1v) is 7.75. The summed E-state index contributed by atoms with van der Waals surface area (Å²) in [5, 5.41) is 7.11. The molecule has 0 amide bonds. The molecule has 0 saturated carbocycles. The summed E-state index contributed by atoms with van der Waals surface area (Å²) in [6.07, 6.45) is 0.548. The van der Waals surface area contributed by atoms with E-state index in [-0.39, 0.29) is 11.6 Å². The molecule has 0 aromatic heterocycles. The third kappa shape index (κ3) is 2.43. The molecule has 1 aliphatic rings. The highest BCUT2D eigenvalue weighted by molar-refractivity contribution is 9.10. The normalized spacial score (nSPS) is 19.2. The minimum absolute atomic E-state index is 0.0631. The quantitative estimate of drug-likeness (QED) is 0.328. The standard InChI is InChI=1S/C15H11BrClFN4/c16-13-10-7-15(8-20-22-19,9-4-2-1-3-5-9)21-12(10)6-11(18)14(13)17/h1-6,21H,7-8H2/t15-/m1/s1. The van der Waals surface area contributed by atoms with E-state index in [1.807, 2.05) is 30.3 Å². The summed E-state index contributed by atoms with van der Waals surface area (Å²) in [6.45, 7) is 0.216. The topological polar surface area (TPSA) is 60.8 Å². The van der Waals surface area contributed by atoms with E-state index in [0.29, 0.717) is 16.6 Å². The van der Waals surface area contributed by atoms with E-state index >= 15 is 0 Å². The number of benzene rings is 2. The molecule has 7 heteroatoms. The molecule has 0 spiro atoms. The van der Waals surface area contributed by atoms with E-state index in [1.54, 1.807) is 0 Å². The summed E-state index contributed by atoms with van der Waals surface area (Å²) in [7, 11) is 0. The van der Waals surface area contributed by atoms with Crippen molar-refractivity contribution in [3.05, 3.63) is 73.3 Å². The predicted octanol–water partition coefficient (Wildman–Crippen LogP) is 5.42. The Kier molecular flexibility index (Phi) is 4.00. The number of halogens is 3. The highest BCUT2D eigenvalue weighted by Crippen LogP contribution is 2.45. The van der Waals surface area contributed by atoms with Crippen molar-refractivity contribution in [3.8, 4) is 0 Å². The molecular formula is C15H11BrClFN4. The fraction of sp³-hybridized carbons (Fsp3) is 0.200. The van der Waals surface area contributed by atoms with E-state index in [0.717, 1.165) is 11.1 Å². The Morgan fingerprint density at radius 1 is 1.41 bits per heavy atom. The van der Waals surface area contributed by atoms with Crippen LogP contribution < -0.4 is 5.32 Å².